The van der Waals surface area contributed by atoms with Crippen LogP contribution in [0.25, 0.3) is 0 Å². The number of aromatic nitrogens is 1. The van der Waals surface area contributed by atoms with Crippen LogP contribution in [0.5, 0.6) is 0 Å². The van der Waals surface area contributed by atoms with E-state index in [0.717, 1.165) is 24.5 Å². The van der Waals surface area contributed by atoms with Crippen LogP contribution < -0.4 is 15.5 Å². The van der Waals surface area contributed by atoms with Gasteiger partial charge in [-0.15, -0.1) is 0 Å². The predicted molar refractivity (Wildman–Crippen MR) is 77.6 cm³/mol. The van der Waals surface area contributed by atoms with Gasteiger partial charge in [0.2, 0.25) is 5.91 Å². The second-order valence-electron chi connectivity index (χ2n) is 5.13. The highest BCUT2D eigenvalue weighted by molar-refractivity contribution is 5.76. The van der Waals surface area contributed by atoms with Crippen LogP contribution in [0.2, 0.25) is 0 Å². The van der Waals surface area contributed by atoms with Crippen molar-refractivity contribution < 1.29 is 9.53 Å². The van der Waals surface area contributed by atoms with E-state index in [1.165, 1.54) is 0 Å². The minimum absolute atomic E-state index is 0.0321. The molecule has 0 spiro atoms. The number of nitrogens with one attached hydrogen (secondary N) is 2. The monoisotopic (exact) mass is 278 g/mol. The number of hydrogen-bond donors (Lipinski definition) is 2. The molecular formula is C14H22N4O2. The van der Waals surface area contributed by atoms with Crippen LogP contribution in [0.3, 0.4) is 0 Å². The van der Waals surface area contributed by atoms with Crippen molar-refractivity contribution in [1.82, 2.24) is 15.6 Å². The van der Waals surface area contributed by atoms with Crippen molar-refractivity contribution in [2.24, 2.45) is 0 Å². The third-order valence-corrected chi connectivity index (χ3v) is 3.19. The van der Waals surface area contributed by atoms with Crippen molar-refractivity contribution in [3.8, 4) is 0 Å². The van der Waals surface area contributed by atoms with Crippen LogP contribution in [0.4, 0.5) is 5.82 Å². The molecule has 6 nitrogen and oxygen atoms in total. The number of carbonyl (C=O) groups is 1. The lowest BCUT2D eigenvalue weighted by atomic mass is 10.2. The Balaban J connectivity index is 1.74. The first kappa shape index (κ1) is 14.7. The van der Waals surface area contributed by atoms with Gasteiger partial charge in [-0.3, -0.25) is 4.79 Å². The first-order valence-electron chi connectivity index (χ1n) is 6.85. The molecule has 110 valence electrons. The fourth-order valence-corrected chi connectivity index (χ4v) is 2.03. The van der Waals surface area contributed by atoms with Gasteiger partial charge in [0, 0.05) is 45.8 Å². The second-order valence-corrected chi connectivity index (χ2v) is 5.13. The Morgan fingerprint density at radius 3 is 3.00 bits per heavy atom. The van der Waals surface area contributed by atoms with Gasteiger partial charge in [0.05, 0.1) is 13.2 Å². The summed E-state index contributed by atoms with van der Waals surface area (Å²) < 4.78 is 5.32. The molecule has 0 bridgehead atoms. The zero-order valence-electron chi connectivity index (χ0n) is 12.1. The molecule has 0 aromatic carbocycles. The molecule has 0 saturated carbocycles. The smallest absolute Gasteiger partial charge is 0.221 e. The van der Waals surface area contributed by atoms with Crippen molar-refractivity contribution in [2.45, 2.75) is 19.0 Å². The van der Waals surface area contributed by atoms with E-state index in [0.29, 0.717) is 19.6 Å². The fourth-order valence-electron chi connectivity index (χ4n) is 2.03. The van der Waals surface area contributed by atoms with Gasteiger partial charge in [-0.2, -0.15) is 0 Å². The van der Waals surface area contributed by atoms with Crippen LogP contribution in [0.1, 0.15) is 12.0 Å². The van der Waals surface area contributed by atoms with Gasteiger partial charge in [-0.1, -0.05) is 6.07 Å². The number of pyridine rings is 1. The molecule has 0 aliphatic carbocycles. The molecule has 2 rings (SSSR count). The number of nitrogens with zero attached hydrogens (tertiary/aromatic N) is 2. The van der Waals surface area contributed by atoms with E-state index in [2.05, 4.69) is 15.6 Å². The quantitative estimate of drug-likeness (QED) is 0.802. The molecule has 2 heterocycles. The van der Waals surface area contributed by atoms with Gasteiger partial charge in [-0.25, -0.2) is 4.98 Å². The number of amides is 1. The summed E-state index contributed by atoms with van der Waals surface area (Å²) in [7, 11) is 3.89. The summed E-state index contributed by atoms with van der Waals surface area (Å²) in [4.78, 5) is 18.1. The van der Waals surface area contributed by atoms with Crippen LogP contribution in [-0.4, -0.2) is 50.8 Å². The standard InChI is InChI=1S/C14H22N4O2/c1-18(2)13-4-3-11(8-16-13)9-17-14(19)7-12-10-20-6-5-15-12/h3-4,8,12,15H,5-7,9-10H2,1-2H3,(H,17,19). The normalized spacial score (nSPS) is 18.6. The van der Waals surface area contributed by atoms with Crippen molar-refractivity contribution in [2.75, 3.05) is 38.8 Å². The molecule has 1 atom stereocenters. The highest BCUT2D eigenvalue weighted by Crippen LogP contribution is 2.07. The number of rotatable bonds is 5. The molecule has 1 aliphatic rings. The summed E-state index contributed by atoms with van der Waals surface area (Å²) in [5, 5.41) is 6.17. The Labute approximate surface area is 119 Å². The first-order valence-corrected chi connectivity index (χ1v) is 6.85. The van der Waals surface area contributed by atoms with E-state index in [9.17, 15) is 4.79 Å². The van der Waals surface area contributed by atoms with Gasteiger partial charge in [0.25, 0.3) is 0 Å². The average molecular weight is 278 g/mol. The molecule has 1 aromatic rings. The summed E-state index contributed by atoms with van der Waals surface area (Å²) in [6.45, 7) is 2.65. The average Bonchev–Trinajstić information content (AvgIpc) is 2.46. The Hall–Kier alpha value is -1.66. The maximum atomic E-state index is 11.8. The number of anilines is 1. The number of hydrogen-bond acceptors (Lipinski definition) is 5. The minimum Gasteiger partial charge on any atom is -0.378 e. The van der Waals surface area contributed by atoms with E-state index < -0.39 is 0 Å². The highest BCUT2D eigenvalue weighted by atomic mass is 16.5. The van der Waals surface area contributed by atoms with Gasteiger partial charge in [0.1, 0.15) is 5.82 Å². The van der Waals surface area contributed by atoms with Crippen molar-refractivity contribution >= 4 is 11.7 Å². The summed E-state index contributed by atoms with van der Waals surface area (Å²) in [5.74, 6) is 0.938. The number of morpholine rings is 1. The molecule has 0 radical (unpaired) electrons. The first-order chi connectivity index (χ1) is 9.65. The van der Waals surface area contributed by atoms with E-state index in [1.54, 1.807) is 6.20 Å². The van der Waals surface area contributed by atoms with Crippen molar-refractivity contribution in [1.29, 1.82) is 0 Å². The maximum absolute atomic E-state index is 11.8. The topological polar surface area (TPSA) is 66.5 Å². The van der Waals surface area contributed by atoms with Gasteiger partial charge < -0.3 is 20.3 Å². The minimum atomic E-state index is 0.0321. The van der Waals surface area contributed by atoms with Crippen LogP contribution >= 0.6 is 0 Å². The van der Waals surface area contributed by atoms with Crippen LogP contribution in [0, 0.1) is 0 Å². The summed E-state index contributed by atoms with van der Waals surface area (Å²) in [6.07, 6.45) is 2.24. The van der Waals surface area contributed by atoms with E-state index in [4.69, 9.17) is 4.74 Å². The lowest BCUT2D eigenvalue weighted by molar-refractivity contribution is -0.122. The van der Waals surface area contributed by atoms with Crippen molar-refractivity contribution in [3.05, 3.63) is 23.9 Å². The second kappa shape index (κ2) is 7.21. The molecule has 1 fully saturated rings. The fraction of sp³-hybridized carbons (Fsp3) is 0.571. The molecule has 1 saturated heterocycles. The van der Waals surface area contributed by atoms with Crippen LogP contribution in [0.15, 0.2) is 18.3 Å². The largest absolute Gasteiger partial charge is 0.378 e. The van der Waals surface area contributed by atoms with Gasteiger partial charge in [-0.05, 0) is 11.6 Å². The molecule has 1 aliphatic heterocycles. The van der Waals surface area contributed by atoms with E-state index in [-0.39, 0.29) is 11.9 Å². The molecule has 1 unspecified atom stereocenters. The van der Waals surface area contributed by atoms with Crippen molar-refractivity contribution in [3.63, 3.8) is 0 Å². The Bertz CT molecular complexity index is 427. The van der Waals surface area contributed by atoms with E-state index in [1.807, 2.05) is 31.1 Å². The molecule has 1 amide bonds. The zero-order valence-corrected chi connectivity index (χ0v) is 12.1. The summed E-state index contributed by atoms with van der Waals surface area (Å²) in [5.41, 5.74) is 0.997. The number of carbonyl (C=O) groups excluding carboxylic acids is 1. The Morgan fingerprint density at radius 2 is 2.40 bits per heavy atom. The zero-order chi connectivity index (χ0) is 14.4. The summed E-state index contributed by atoms with van der Waals surface area (Å²) in [6, 6.07) is 4.04. The maximum Gasteiger partial charge on any atom is 0.221 e. The lowest BCUT2D eigenvalue weighted by Crippen LogP contribution is -2.44. The highest BCUT2D eigenvalue weighted by Gasteiger charge is 2.16. The lowest BCUT2D eigenvalue weighted by Gasteiger charge is -2.23. The third kappa shape index (κ3) is 4.47. The predicted octanol–water partition coefficient (Wildman–Crippen LogP) is 0.142. The van der Waals surface area contributed by atoms with E-state index >= 15 is 0 Å². The molecule has 6 heteroatoms. The molecule has 2 N–H and O–H groups in total. The molecule has 20 heavy (non-hydrogen) atoms. The van der Waals surface area contributed by atoms with Gasteiger partial charge in [0.15, 0.2) is 0 Å². The number of ether oxygens (including phenoxy) is 1. The Morgan fingerprint density at radius 1 is 1.55 bits per heavy atom. The van der Waals surface area contributed by atoms with Crippen LogP contribution in [-0.2, 0) is 16.1 Å². The SMILES string of the molecule is CN(C)c1ccc(CNC(=O)CC2COCCN2)cn1. The molecule has 1 aromatic heterocycles. The molecular weight excluding hydrogens is 256 g/mol. The van der Waals surface area contributed by atoms with Gasteiger partial charge >= 0.3 is 0 Å². The third-order valence-electron chi connectivity index (χ3n) is 3.19. The Kier molecular flexibility index (Phi) is 5.31. The summed E-state index contributed by atoms with van der Waals surface area (Å²) >= 11 is 0.